The largest absolute Gasteiger partial charge is 0.487 e. The third kappa shape index (κ3) is 5.79. The maximum absolute atomic E-state index is 13.2. The Hall–Kier alpha value is -2.21. The number of hydrogen-bond donors (Lipinski definition) is 1. The van der Waals surface area contributed by atoms with E-state index in [4.69, 9.17) is 16.3 Å². The van der Waals surface area contributed by atoms with E-state index in [1.54, 1.807) is 24.3 Å². The van der Waals surface area contributed by atoms with Gasteiger partial charge in [0.25, 0.3) is 11.8 Å². The van der Waals surface area contributed by atoms with Crippen LogP contribution in [0.15, 0.2) is 69.1 Å². The lowest BCUT2D eigenvalue weighted by Gasteiger charge is -2.26. The van der Waals surface area contributed by atoms with Crippen LogP contribution in [-0.2, 0) is 16.2 Å². The van der Waals surface area contributed by atoms with Crippen molar-refractivity contribution in [2.24, 2.45) is 0 Å². The molecule has 3 aromatic carbocycles. The third-order valence-electron chi connectivity index (χ3n) is 5.14. The van der Waals surface area contributed by atoms with Crippen LogP contribution < -0.4 is 15.0 Å². The molecule has 35 heavy (non-hydrogen) atoms. The normalized spacial score (nSPS) is 14.9. The van der Waals surface area contributed by atoms with E-state index in [2.05, 4.69) is 59.8 Å². The number of anilines is 1. The van der Waals surface area contributed by atoms with Crippen molar-refractivity contribution in [2.75, 3.05) is 4.90 Å². The number of halogens is 4. The Balaban J connectivity index is 1.61. The molecule has 0 unspecified atom stereocenters. The summed E-state index contributed by atoms with van der Waals surface area (Å²) in [5, 5.41) is 2.61. The molecule has 1 aliphatic rings. The van der Waals surface area contributed by atoms with Crippen LogP contribution in [0.25, 0.3) is 6.08 Å². The summed E-state index contributed by atoms with van der Waals surface area (Å²) in [6.07, 6.45) is 1.42. The van der Waals surface area contributed by atoms with Gasteiger partial charge in [0.2, 0.25) is 0 Å². The number of amides is 4. The molecule has 0 bridgehead atoms. The van der Waals surface area contributed by atoms with Gasteiger partial charge in [-0.25, -0.2) is 9.69 Å². The molecular weight excluding hydrogens is 714 g/mol. The first-order valence-electron chi connectivity index (χ1n) is 10.2. The Morgan fingerprint density at radius 3 is 2.31 bits per heavy atom. The monoisotopic (exact) mass is 728 g/mol. The van der Waals surface area contributed by atoms with Crippen LogP contribution in [0.4, 0.5) is 10.5 Å². The first-order chi connectivity index (χ1) is 16.6. The molecule has 0 saturated carbocycles. The molecule has 4 amide bonds. The molecule has 1 aliphatic heterocycles. The van der Waals surface area contributed by atoms with Gasteiger partial charge in [-0.1, -0.05) is 29.8 Å². The van der Waals surface area contributed by atoms with Gasteiger partial charge in [-0.2, -0.15) is 0 Å². The standard InChI is InChI=1S/C25H16Br2ClIN2O4/c1-13-2-7-17(11-21(13)28)31-24(33)18(23(32)30-25(31)34)8-15-9-19(26)22(20(27)10-15)35-12-14-3-5-16(29)6-4-14/h2-11H,12H2,1H3,(H,30,32,34)/b18-8-. The molecule has 6 nitrogen and oxygen atoms in total. The van der Waals surface area contributed by atoms with Gasteiger partial charge >= 0.3 is 6.03 Å². The topological polar surface area (TPSA) is 75.7 Å². The minimum Gasteiger partial charge on any atom is -0.487 e. The highest BCUT2D eigenvalue weighted by Gasteiger charge is 2.37. The van der Waals surface area contributed by atoms with Gasteiger partial charge in [0.15, 0.2) is 0 Å². The minimum absolute atomic E-state index is 0.187. The number of benzene rings is 3. The summed E-state index contributed by atoms with van der Waals surface area (Å²) in [5.74, 6) is -0.943. The molecule has 1 N–H and O–H groups in total. The zero-order valence-corrected chi connectivity index (χ0v) is 24.2. The second-order valence-electron chi connectivity index (χ2n) is 7.62. The van der Waals surface area contributed by atoms with Gasteiger partial charge < -0.3 is 4.74 Å². The number of barbiturate groups is 1. The quantitative estimate of drug-likeness (QED) is 0.174. The molecule has 0 aromatic heterocycles. The lowest BCUT2D eigenvalue weighted by molar-refractivity contribution is -0.122. The van der Waals surface area contributed by atoms with Crippen molar-refractivity contribution >= 4 is 95.7 Å². The molecule has 1 saturated heterocycles. The van der Waals surface area contributed by atoms with Gasteiger partial charge in [-0.15, -0.1) is 0 Å². The summed E-state index contributed by atoms with van der Waals surface area (Å²) in [4.78, 5) is 39.0. The molecule has 0 spiro atoms. The van der Waals surface area contributed by atoms with E-state index >= 15 is 0 Å². The molecule has 3 aromatic rings. The zero-order valence-electron chi connectivity index (χ0n) is 18.1. The fourth-order valence-corrected chi connectivity index (χ4v) is 5.30. The number of nitrogens with one attached hydrogen (secondary N) is 1. The first kappa shape index (κ1) is 25.9. The van der Waals surface area contributed by atoms with Crippen molar-refractivity contribution in [3.63, 3.8) is 0 Å². The van der Waals surface area contributed by atoms with Crippen molar-refractivity contribution in [1.29, 1.82) is 0 Å². The number of carbonyl (C=O) groups excluding carboxylic acids is 3. The first-order valence-corrected chi connectivity index (χ1v) is 13.2. The second kappa shape index (κ2) is 10.8. The Bertz CT molecular complexity index is 1370. The fourth-order valence-electron chi connectivity index (χ4n) is 3.32. The second-order valence-corrected chi connectivity index (χ2v) is 11.0. The SMILES string of the molecule is Cc1ccc(N2C(=O)NC(=O)/C(=C/c3cc(Br)c(OCc4ccc(I)cc4)c(Br)c3)C2=O)cc1Cl. The number of ether oxygens (including phenoxy) is 1. The highest BCUT2D eigenvalue weighted by molar-refractivity contribution is 14.1. The van der Waals surface area contributed by atoms with Crippen molar-refractivity contribution in [3.05, 3.63) is 94.4 Å². The van der Waals surface area contributed by atoms with E-state index in [1.165, 1.54) is 12.1 Å². The van der Waals surface area contributed by atoms with Crippen molar-refractivity contribution in [2.45, 2.75) is 13.5 Å². The number of aryl methyl sites for hydroxylation is 1. The molecule has 178 valence electrons. The summed E-state index contributed by atoms with van der Waals surface area (Å²) >= 11 is 15.4. The maximum Gasteiger partial charge on any atom is 0.335 e. The van der Waals surface area contributed by atoms with E-state index in [1.807, 2.05) is 31.2 Å². The van der Waals surface area contributed by atoms with Crippen molar-refractivity contribution < 1.29 is 19.1 Å². The van der Waals surface area contributed by atoms with Gasteiger partial charge in [0.1, 0.15) is 17.9 Å². The number of nitrogens with zero attached hydrogens (tertiary/aromatic N) is 1. The number of carbonyl (C=O) groups is 3. The lowest BCUT2D eigenvalue weighted by atomic mass is 10.1. The van der Waals surface area contributed by atoms with Crippen LogP contribution in [0.2, 0.25) is 5.02 Å². The summed E-state index contributed by atoms with van der Waals surface area (Å²) in [6.45, 7) is 2.17. The summed E-state index contributed by atoms with van der Waals surface area (Å²) < 4.78 is 8.36. The Morgan fingerprint density at radius 1 is 1.03 bits per heavy atom. The predicted molar refractivity (Wildman–Crippen MR) is 151 cm³/mol. The number of hydrogen-bond acceptors (Lipinski definition) is 4. The zero-order chi connectivity index (χ0) is 25.3. The summed E-state index contributed by atoms with van der Waals surface area (Å²) in [5.41, 5.74) is 2.45. The molecule has 0 radical (unpaired) electrons. The molecule has 4 rings (SSSR count). The van der Waals surface area contributed by atoms with E-state index in [0.717, 1.165) is 19.6 Å². The van der Waals surface area contributed by atoms with E-state index < -0.39 is 17.8 Å². The van der Waals surface area contributed by atoms with Crippen LogP contribution in [-0.4, -0.2) is 17.8 Å². The molecule has 10 heteroatoms. The number of imide groups is 2. The average molecular weight is 731 g/mol. The lowest BCUT2D eigenvalue weighted by Crippen LogP contribution is -2.54. The Labute approximate surface area is 237 Å². The highest BCUT2D eigenvalue weighted by atomic mass is 127. The smallest absolute Gasteiger partial charge is 0.335 e. The summed E-state index contributed by atoms with van der Waals surface area (Å²) in [7, 11) is 0. The highest BCUT2D eigenvalue weighted by Crippen LogP contribution is 2.36. The number of urea groups is 1. The van der Waals surface area contributed by atoms with Gasteiger partial charge in [0.05, 0.1) is 14.6 Å². The number of rotatable bonds is 5. The van der Waals surface area contributed by atoms with Crippen molar-refractivity contribution in [1.82, 2.24) is 5.32 Å². The van der Waals surface area contributed by atoms with Crippen LogP contribution >= 0.6 is 66.1 Å². The van der Waals surface area contributed by atoms with Crippen LogP contribution in [0, 0.1) is 10.5 Å². The van der Waals surface area contributed by atoms with E-state index in [9.17, 15) is 14.4 Å². The maximum atomic E-state index is 13.2. The third-order valence-corrected chi connectivity index (χ3v) is 7.45. The molecule has 0 atom stereocenters. The van der Waals surface area contributed by atoms with Crippen molar-refractivity contribution in [3.8, 4) is 5.75 Å². The van der Waals surface area contributed by atoms with Gasteiger partial charge in [0, 0.05) is 8.59 Å². The van der Waals surface area contributed by atoms with Crippen LogP contribution in [0.1, 0.15) is 16.7 Å². The Morgan fingerprint density at radius 2 is 1.69 bits per heavy atom. The van der Waals surface area contributed by atoms with Gasteiger partial charge in [-0.3, -0.25) is 14.9 Å². The molecular formula is C25H16Br2ClIN2O4. The predicted octanol–water partition coefficient (Wildman–Crippen LogP) is 7.02. The molecule has 1 heterocycles. The average Bonchev–Trinajstić information content (AvgIpc) is 2.79. The van der Waals surface area contributed by atoms with Crippen LogP contribution in [0.5, 0.6) is 5.75 Å². The van der Waals surface area contributed by atoms with E-state index in [-0.39, 0.29) is 11.3 Å². The van der Waals surface area contributed by atoms with Crippen LogP contribution in [0.3, 0.4) is 0 Å². The minimum atomic E-state index is -0.834. The van der Waals surface area contributed by atoms with E-state index in [0.29, 0.717) is 31.9 Å². The molecule has 0 aliphatic carbocycles. The Kier molecular flexibility index (Phi) is 7.99. The fraction of sp³-hybridized carbons (Fsp3) is 0.0800. The summed E-state index contributed by atoms with van der Waals surface area (Å²) in [6, 6.07) is 15.4. The van der Waals surface area contributed by atoms with Gasteiger partial charge in [-0.05, 0) is 121 Å². The molecule has 1 fully saturated rings.